The largest absolute Gasteiger partial charge is 0.484 e. The molecule has 0 aliphatic heterocycles. The molecule has 0 unspecified atom stereocenters. The van der Waals surface area contributed by atoms with Gasteiger partial charge in [-0.2, -0.15) is 0 Å². The van der Waals surface area contributed by atoms with Crippen molar-refractivity contribution >= 4 is 11.6 Å². The molecular formula is C16H18N2O2. The summed E-state index contributed by atoms with van der Waals surface area (Å²) in [6, 6.07) is 15.7. The van der Waals surface area contributed by atoms with Crippen molar-refractivity contribution in [1.82, 2.24) is 0 Å². The van der Waals surface area contributed by atoms with E-state index in [2.05, 4.69) is 24.4 Å². The van der Waals surface area contributed by atoms with Crippen LogP contribution in [-0.4, -0.2) is 12.5 Å². The molecule has 104 valence electrons. The van der Waals surface area contributed by atoms with Gasteiger partial charge >= 0.3 is 0 Å². The van der Waals surface area contributed by atoms with Gasteiger partial charge in [-0.3, -0.25) is 4.79 Å². The van der Waals surface area contributed by atoms with Crippen molar-refractivity contribution in [1.29, 1.82) is 0 Å². The molecule has 0 heterocycles. The molecule has 2 rings (SSSR count). The Morgan fingerprint density at radius 3 is 2.50 bits per heavy atom. The summed E-state index contributed by atoms with van der Waals surface area (Å²) in [5.74, 6) is 0.165. The second-order valence-corrected chi connectivity index (χ2v) is 4.57. The molecule has 0 spiro atoms. The van der Waals surface area contributed by atoms with Crippen molar-refractivity contribution in [3.8, 4) is 5.75 Å². The van der Waals surface area contributed by atoms with Crippen LogP contribution < -0.4 is 15.8 Å². The Labute approximate surface area is 118 Å². The highest BCUT2D eigenvalue weighted by molar-refractivity contribution is 5.75. The summed E-state index contributed by atoms with van der Waals surface area (Å²) in [5, 5.41) is 3.38. The van der Waals surface area contributed by atoms with Crippen LogP contribution in [-0.2, 0) is 11.3 Å². The molecule has 0 saturated heterocycles. The van der Waals surface area contributed by atoms with Crippen molar-refractivity contribution in [3.63, 3.8) is 0 Å². The number of nitrogens with two attached hydrogens (primary N) is 1. The number of aryl methyl sites for hydroxylation is 1. The fourth-order valence-electron chi connectivity index (χ4n) is 1.83. The zero-order valence-electron chi connectivity index (χ0n) is 11.4. The number of carbonyl (C=O) groups is 1. The molecule has 4 heteroatoms. The Morgan fingerprint density at radius 2 is 1.85 bits per heavy atom. The summed E-state index contributed by atoms with van der Waals surface area (Å²) in [5.41, 5.74) is 8.50. The molecule has 0 aromatic heterocycles. The lowest BCUT2D eigenvalue weighted by Gasteiger charge is -2.10. The average Bonchev–Trinajstić information content (AvgIpc) is 2.45. The molecule has 0 aliphatic carbocycles. The van der Waals surface area contributed by atoms with Crippen LogP contribution in [0.1, 0.15) is 11.1 Å². The first-order valence-corrected chi connectivity index (χ1v) is 6.44. The highest BCUT2D eigenvalue weighted by Crippen LogP contribution is 2.16. The molecule has 0 radical (unpaired) electrons. The second-order valence-electron chi connectivity index (χ2n) is 4.57. The Bertz CT molecular complexity index is 579. The van der Waals surface area contributed by atoms with E-state index < -0.39 is 5.91 Å². The van der Waals surface area contributed by atoms with Crippen LogP contribution in [0.25, 0.3) is 0 Å². The highest BCUT2D eigenvalue weighted by Gasteiger charge is 1.99. The number of nitrogens with one attached hydrogen (secondary N) is 1. The molecule has 0 atom stereocenters. The van der Waals surface area contributed by atoms with Gasteiger partial charge in [-0.25, -0.2) is 0 Å². The van der Waals surface area contributed by atoms with Crippen LogP contribution in [0, 0.1) is 6.92 Å². The maximum Gasteiger partial charge on any atom is 0.255 e. The monoisotopic (exact) mass is 270 g/mol. The lowest BCUT2D eigenvalue weighted by atomic mass is 10.1. The first kappa shape index (κ1) is 13.9. The molecule has 20 heavy (non-hydrogen) atoms. The fourth-order valence-corrected chi connectivity index (χ4v) is 1.83. The number of hydrogen-bond acceptors (Lipinski definition) is 3. The predicted octanol–water partition coefficient (Wildman–Crippen LogP) is 2.47. The van der Waals surface area contributed by atoms with Crippen molar-refractivity contribution in [2.45, 2.75) is 13.5 Å². The fraction of sp³-hybridized carbons (Fsp3) is 0.188. The van der Waals surface area contributed by atoms with E-state index in [0.717, 1.165) is 17.8 Å². The second kappa shape index (κ2) is 6.61. The molecule has 1 amide bonds. The van der Waals surface area contributed by atoms with Gasteiger partial charge in [0.1, 0.15) is 5.75 Å². The molecule has 2 aromatic carbocycles. The predicted molar refractivity (Wildman–Crippen MR) is 79.6 cm³/mol. The first-order chi connectivity index (χ1) is 9.65. The Kier molecular flexibility index (Phi) is 4.60. The van der Waals surface area contributed by atoms with Crippen molar-refractivity contribution in [2.75, 3.05) is 11.9 Å². The average molecular weight is 270 g/mol. The number of ether oxygens (including phenoxy) is 1. The van der Waals surface area contributed by atoms with E-state index in [1.807, 2.05) is 36.4 Å². The number of anilines is 1. The number of primary amides is 1. The number of amides is 1. The Morgan fingerprint density at radius 1 is 1.15 bits per heavy atom. The zero-order valence-corrected chi connectivity index (χ0v) is 11.4. The van der Waals surface area contributed by atoms with Crippen molar-refractivity contribution in [3.05, 3.63) is 59.7 Å². The summed E-state index contributed by atoms with van der Waals surface area (Å²) < 4.78 is 5.21. The van der Waals surface area contributed by atoms with E-state index in [4.69, 9.17) is 10.5 Å². The van der Waals surface area contributed by atoms with Gasteiger partial charge < -0.3 is 15.8 Å². The van der Waals surface area contributed by atoms with E-state index in [1.165, 1.54) is 5.56 Å². The minimum absolute atomic E-state index is 0.0964. The molecule has 0 fully saturated rings. The lowest BCUT2D eigenvalue weighted by molar-refractivity contribution is -0.119. The minimum Gasteiger partial charge on any atom is -0.484 e. The summed E-state index contributed by atoms with van der Waals surface area (Å²) in [6.07, 6.45) is 0. The molecule has 0 saturated carbocycles. The van der Waals surface area contributed by atoms with Gasteiger partial charge in [-0.15, -0.1) is 0 Å². The van der Waals surface area contributed by atoms with E-state index in [1.54, 1.807) is 0 Å². The molecule has 0 bridgehead atoms. The van der Waals surface area contributed by atoms with Crippen LogP contribution in [0.3, 0.4) is 0 Å². The third kappa shape index (κ3) is 4.02. The Hall–Kier alpha value is -2.49. The van der Waals surface area contributed by atoms with E-state index in [-0.39, 0.29) is 6.61 Å². The van der Waals surface area contributed by atoms with Crippen molar-refractivity contribution in [2.24, 2.45) is 5.73 Å². The number of hydrogen-bond donors (Lipinski definition) is 2. The SMILES string of the molecule is Cc1ccccc1NCc1ccc(OCC(N)=O)cc1. The third-order valence-electron chi connectivity index (χ3n) is 2.93. The van der Waals surface area contributed by atoms with Gasteiger partial charge in [0, 0.05) is 12.2 Å². The summed E-state index contributed by atoms with van der Waals surface area (Å²) >= 11 is 0. The topological polar surface area (TPSA) is 64.3 Å². The Balaban J connectivity index is 1.91. The van der Waals surface area contributed by atoms with Gasteiger partial charge in [-0.1, -0.05) is 30.3 Å². The number of benzene rings is 2. The number of rotatable bonds is 6. The van der Waals surface area contributed by atoms with E-state index in [9.17, 15) is 4.79 Å². The summed E-state index contributed by atoms with van der Waals surface area (Å²) in [6.45, 7) is 2.71. The van der Waals surface area contributed by atoms with Crippen LogP contribution in [0.4, 0.5) is 5.69 Å². The molecule has 3 N–H and O–H groups in total. The number of carbonyl (C=O) groups excluding carboxylic acids is 1. The van der Waals surface area contributed by atoms with Crippen LogP contribution >= 0.6 is 0 Å². The minimum atomic E-state index is -0.477. The summed E-state index contributed by atoms with van der Waals surface area (Å²) in [4.78, 5) is 10.6. The van der Waals surface area contributed by atoms with Crippen LogP contribution in [0.5, 0.6) is 5.75 Å². The normalized spacial score (nSPS) is 10.1. The standard InChI is InChI=1S/C16H18N2O2/c1-12-4-2-3-5-15(12)18-10-13-6-8-14(9-7-13)20-11-16(17)19/h2-9,18H,10-11H2,1H3,(H2,17,19). The molecular weight excluding hydrogens is 252 g/mol. The maximum atomic E-state index is 10.6. The zero-order chi connectivity index (χ0) is 14.4. The molecule has 0 aliphatic rings. The van der Waals surface area contributed by atoms with Gasteiger partial charge in [-0.05, 0) is 36.2 Å². The van der Waals surface area contributed by atoms with Gasteiger partial charge in [0.05, 0.1) is 0 Å². The lowest BCUT2D eigenvalue weighted by Crippen LogP contribution is -2.19. The van der Waals surface area contributed by atoms with Gasteiger partial charge in [0.25, 0.3) is 5.91 Å². The number of para-hydroxylation sites is 1. The van der Waals surface area contributed by atoms with Crippen LogP contribution in [0.15, 0.2) is 48.5 Å². The van der Waals surface area contributed by atoms with Crippen molar-refractivity contribution < 1.29 is 9.53 Å². The van der Waals surface area contributed by atoms with Gasteiger partial charge in [0.15, 0.2) is 6.61 Å². The first-order valence-electron chi connectivity index (χ1n) is 6.44. The van der Waals surface area contributed by atoms with Crippen LogP contribution in [0.2, 0.25) is 0 Å². The highest BCUT2D eigenvalue weighted by atomic mass is 16.5. The van der Waals surface area contributed by atoms with E-state index in [0.29, 0.717) is 5.75 Å². The third-order valence-corrected chi connectivity index (χ3v) is 2.93. The molecule has 4 nitrogen and oxygen atoms in total. The van der Waals surface area contributed by atoms with E-state index >= 15 is 0 Å². The smallest absolute Gasteiger partial charge is 0.255 e. The molecule has 2 aromatic rings. The van der Waals surface area contributed by atoms with Gasteiger partial charge in [0.2, 0.25) is 0 Å². The maximum absolute atomic E-state index is 10.6. The summed E-state index contributed by atoms with van der Waals surface area (Å²) in [7, 11) is 0. The quantitative estimate of drug-likeness (QED) is 0.847.